The Kier molecular flexibility index (Phi) is 5.84. The number of nitrogens with zero attached hydrogens (tertiary/aromatic N) is 2. The molecule has 0 spiro atoms. The zero-order valence-corrected chi connectivity index (χ0v) is 15.9. The van der Waals surface area contributed by atoms with Crippen molar-refractivity contribution in [2.24, 2.45) is 0 Å². The minimum Gasteiger partial charge on any atom is -0.457 e. The molecule has 0 aliphatic heterocycles. The lowest BCUT2D eigenvalue weighted by Gasteiger charge is -2.12. The monoisotopic (exact) mass is 377 g/mol. The van der Waals surface area contributed by atoms with Gasteiger partial charge in [-0.05, 0) is 55.8 Å². The van der Waals surface area contributed by atoms with Crippen LogP contribution in [0.5, 0.6) is 11.5 Å². The summed E-state index contributed by atoms with van der Waals surface area (Å²) >= 11 is 1.60. The summed E-state index contributed by atoms with van der Waals surface area (Å²) in [6.45, 7) is 3.98. The normalized spacial score (nSPS) is 11.4. The Morgan fingerprint density at radius 2 is 2.04 bits per heavy atom. The average Bonchev–Trinajstić information content (AvgIpc) is 3.18. The number of aromatic nitrogens is 1. The lowest BCUT2D eigenvalue weighted by molar-refractivity contribution is 0.0939. The zero-order valence-electron chi connectivity index (χ0n) is 15.1. The highest BCUT2D eigenvalue weighted by Gasteiger charge is 2.14. The molecule has 27 heavy (non-hydrogen) atoms. The Bertz CT molecular complexity index is 974. The van der Waals surface area contributed by atoms with Gasteiger partial charge in [0.05, 0.1) is 28.4 Å². The number of ether oxygens (including phenoxy) is 1. The van der Waals surface area contributed by atoms with Crippen molar-refractivity contribution in [3.05, 3.63) is 75.7 Å². The first kappa shape index (κ1) is 18.6. The Morgan fingerprint density at radius 1 is 1.26 bits per heavy atom. The van der Waals surface area contributed by atoms with Gasteiger partial charge in [0, 0.05) is 10.9 Å². The quantitative estimate of drug-likeness (QED) is 0.665. The summed E-state index contributed by atoms with van der Waals surface area (Å²) in [7, 11) is 0. The second-order valence-electron chi connectivity index (χ2n) is 5.98. The fourth-order valence-electron chi connectivity index (χ4n) is 2.47. The number of benzene rings is 2. The van der Waals surface area contributed by atoms with Gasteiger partial charge >= 0.3 is 0 Å². The van der Waals surface area contributed by atoms with Crippen molar-refractivity contribution in [3.8, 4) is 17.6 Å². The van der Waals surface area contributed by atoms with Gasteiger partial charge in [-0.15, -0.1) is 11.3 Å². The number of hydrogen-bond donors (Lipinski definition) is 1. The molecule has 0 radical (unpaired) electrons. The van der Waals surface area contributed by atoms with E-state index in [0.717, 1.165) is 17.1 Å². The van der Waals surface area contributed by atoms with Crippen LogP contribution in [0.4, 0.5) is 0 Å². The fourth-order valence-corrected chi connectivity index (χ4v) is 3.31. The van der Waals surface area contributed by atoms with Gasteiger partial charge in [0.15, 0.2) is 0 Å². The summed E-state index contributed by atoms with van der Waals surface area (Å²) in [6.07, 6.45) is 0.889. The lowest BCUT2D eigenvalue weighted by atomic mass is 10.1. The second-order valence-corrected chi connectivity index (χ2v) is 6.92. The van der Waals surface area contributed by atoms with E-state index in [1.807, 2.05) is 12.3 Å². The molecule has 1 unspecified atom stereocenters. The van der Waals surface area contributed by atoms with Crippen molar-refractivity contribution < 1.29 is 9.53 Å². The van der Waals surface area contributed by atoms with E-state index >= 15 is 0 Å². The number of aryl methyl sites for hydroxylation is 1. The predicted octanol–water partition coefficient (Wildman–Crippen LogP) is 4.86. The van der Waals surface area contributed by atoms with Crippen molar-refractivity contribution in [1.29, 1.82) is 5.26 Å². The van der Waals surface area contributed by atoms with Crippen molar-refractivity contribution >= 4 is 17.2 Å². The lowest BCUT2D eigenvalue weighted by Crippen LogP contribution is -2.26. The third kappa shape index (κ3) is 4.72. The number of hydrogen-bond acceptors (Lipinski definition) is 5. The molecule has 1 aromatic heterocycles. The number of carbonyl (C=O) groups excluding carboxylic acids is 1. The third-order valence-electron chi connectivity index (χ3n) is 3.98. The molecule has 2 aromatic carbocycles. The highest BCUT2D eigenvalue weighted by atomic mass is 32.1. The Hall–Kier alpha value is -3.17. The molecule has 1 atom stereocenters. The summed E-state index contributed by atoms with van der Waals surface area (Å²) < 4.78 is 5.78. The first-order chi connectivity index (χ1) is 13.1. The summed E-state index contributed by atoms with van der Waals surface area (Å²) in [4.78, 5) is 17.1. The molecule has 0 aliphatic carbocycles. The number of amides is 1. The number of carbonyl (C=O) groups is 1. The van der Waals surface area contributed by atoms with Crippen molar-refractivity contribution in [2.45, 2.75) is 26.3 Å². The molecule has 1 heterocycles. The number of rotatable bonds is 6. The van der Waals surface area contributed by atoms with Gasteiger partial charge in [-0.1, -0.05) is 13.0 Å². The van der Waals surface area contributed by atoms with Gasteiger partial charge in [0.1, 0.15) is 11.5 Å². The molecule has 0 saturated heterocycles. The number of nitriles is 1. The van der Waals surface area contributed by atoms with E-state index in [1.165, 1.54) is 0 Å². The minimum atomic E-state index is -0.182. The van der Waals surface area contributed by atoms with Gasteiger partial charge < -0.3 is 10.1 Å². The zero-order chi connectivity index (χ0) is 19.2. The average molecular weight is 377 g/mol. The van der Waals surface area contributed by atoms with Crippen molar-refractivity contribution in [3.63, 3.8) is 0 Å². The molecule has 136 valence electrons. The van der Waals surface area contributed by atoms with E-state index in [-0.39, 0.29) is 11.9 Å². The molecule has 3 aromatic rings. The van der Waals surface area contributed by atoms with Crippen LogP contribution in [0.1, 0.15) is 46.5 Å². The SMILES string of the molecule is CCc1nc(C(C)NC(=O)c2cccc(Oc3ccc(C#N)cc3)c2)cs1. The molecule has 1 amide bonds. The second kappa shape index (κ2) is 8.47. The molecule has 1 N–H and O–H groups in total. The Labute approximate surface area is 162 Å². The smallest absolute Gasteiger partial charge is 0.251 e. The van der Waals surface area contributed by atoms with Crippen LogP contribution >= 0.6 is 11.3 Å². The standard InChI is InChI=1S/C21H19N3O2S/c1-3-20-24-19(13-27-20)14(2)23-21(25)16-5-4-6-18(11-16)26-17-9-7-15(12-22)8-10-17/h4-11,13-14H,3H2,1-2H3,(H,23,25). The van der Waals surface area contributed by atoms with E-state index in [0.29, 0.717) is 22.6 Å². The molecular formula is C21H19N3O2S. The first-order valence-electron chi connectivity index (χ1n) is 8.62. The van der Waals surface area contributed by atoms with Crippen LogP contribution in [-0.2, 0) is 6.42 Å². The number of thiazole rings is 1. The molecule has 0 bridgehead atoms. The topological polar surface area (TPSA) is 75.0 Å². The van der Waals surface area contributed by atoms with Crippen molar-refractivity contribution in [2.75, 3.05) is 0 Å². The van der Waals surface area contributed by atoms with Crippen LogP contribution < -0.4 is 10.1 Å². The van der Waals surface area contributed by atoms with E-state index in [9.17, 15) is 4.79 Å². The minimum absolute atomic E-state index is 0.169. The maximum absolute atomic E-state index is 12.6. The summed E-state index contributed by atoms with van der Waals surface area (Å²) in [5, 5.41) is 14.9. The fraction of sp³-hybridized carbons (Fsp3) is 0.190. The molecule has 6 heteroatoms. The van der Waals surface area contributed by atoms with E-state index in [1.54, 1.807) is 59.9 Å². The van der Waals surface area contributed by atoms with Crippen LogP contribution in [0.25, 0.3) is 0 Å². The Balaban J connectivity index is 1.68. The molecular weight excluding hydrogens is 358 g/mol. The van der Waals surface area contributed by atoms with Crippen LogP contribution in [0.3, 0.4) is 0 Å². The molecule has 0 fully saturated rings. The maximum Gasteiger partial charge on any atom is 0.251 e. The van der Waals surface area contributed by atoms with E-state index in [2.05, 4.69) is 23.3 Å². The van der Waals surface area contributed by atoms with Gasteiger partial charge in [-0.2, -0.15) is 5.26 Å². The summed E-state index contributed by atoms with van der Waals surface area (Å²) in [5.74, 6) is 0.982. The first-order valence-corrected chi connectivity index (χ1v) is 9.50. The van der Waals surface area contributed by atoms with Gasteiger partial charge in [-0.25, -0.2) is 4.98 Å². The highest BCUT2D eigenvalue weighted by molar-refractivity contribution is 7.09. The molecule has 0 aliphatic rings. The molecule has 3 rings (SSSR count). The summed E-state index contributed by atoms with van der Waals surface area (Å²) in [6, 6.07) is 15.7. The van der Waals surface area contributed by atoms with Gasteiger partial charge in [-0.3, -0.25) is 4.79 Å². The van der Waals surface area contributed by atoms with Gasteiger partial charge in [0.2, 0.25) is 0 Å². The summed E-state index contributed by atoms with van der Waals surface area (Å²) in [5.41, 5.74) is 1.95. The van der Waals surface area contributed by atoms with Crippen molar-refractivity contribution in [1.82, 2.24) is 10.3 Å². The van der Waals surface area contributed by atoms with Crippen LogP contribution in [0.2, 0.25) is 0 Å². The van der Waals surface area contributed by atoms with Crippen LogP contribution in [0, 0.1) is 11.3 Å². The Morgan fingerprint density at radius 3 is 2.70 bits per heavy atom. The maximum atomic E-state index is 12.6. The van der Waals surface area contributed by atoms with Crippen LogP contribution in [-0.4, -0.2) is 10.9 Å². The van der Waals surface area contributed by atoms with Crippen LogP contribution in [0.15, 0.2) is 53.9 Å². The van der Waals surface area contributed by atoms with Gasteiger partial charge in [0.25, 0.3) is 5.91 Å². The predicted molar refractivity (Wildman–Crippen MR) is 105 cm³/mol. The van der Waals surface area contributed by atoms with E-state index < -0.39 is 0 Å². The largest absolute Gasteiger partial charge is 0.457 e. The molecule has 5 nitrogen and oxygen atoms in total. The third-order valence-corrected chi connectivity index (χ3v) is 4.99. The molecule has 0 saturated carbocycles. The van der Waals surface area contributed by atoms with E-state index in [4.69, 9.17) is 10.00 Å². The highest BCUT2D eigenvalue weighted by Crippen LogP contribution is 2.23. The number of nitrogens with one attached hydrogen (secondary N) is 1.